The smallest absolute Gasteiger partial charge is 0.260 e. The van der Waals surface area contributed by atoms with E-state index in [0.29, 0.717) is 42.1 Å². The van der Waals surface area contributed by atoms with Gasteiger partial charge in [-0.25, -0.2) is 0 Å². The van der Waals surface area contributed by atoms with Crippen LogP contribution in [-0.4, -0.2) is 65.7 Å². The van der Waals surface area contributed by atoms with E-state index in [-0.39, 0.29) is 12.5 Å². The molecule has 1 saturated heterocycles. The van der Waals surface area contributed by atoms with Gasteiger partial charge in [-0.3, -0.25) is 9.69 Å². The summed E-state index contributed by atoms with van der Waals surface area (Å²) in [5.41, 5.74) is 0.867. The zero-order valence-electron chi connectivity index (χ0n) is 17.2. The molecule has 1 aliphatic rings. The Kier molecular flexibility index (Phi) is 6.69. The number of piperazine rings is 1. The summed E-state index contributed by atoms with van der Waals surface area (Å²) in [5.74, 6) is 2.42. The molecule has 0 unspecified atom stereocenters. The lowest BCUT2D eigenvalue weighted by atomic mass is 10.2. The van der Waals surface area contributed by atoms with Crippen molar-refractivity contribution in [2.45, 2.75) is 6.54 Å². The van der Waals surface area contributed by atoms with Gasteiger partial charge in [0.15, 0.2) is 6.61 Å². The maximum absolute atomic E-state index is 12.4. The lowest BCUT2D eigenvalue weighted by Crippen LogP contribution is -2.49. The maximum atomic E-state index is 12.4. The van der Waals surface area contributed by atoms with Crippen molar-refractivity contribution in [2.24, 2.45) is 0 Å². The van der Waals surface area contributed by atoms with Crippen molar-refractivity contribution >= 4 is 17.5 Å². The van der Waals surface area contributed by atoms with Crippen LogP contribution in [0, 0.1) is 0 Å². The van der Waals surface area contributed by atoms with Gasteiger partial charge in [-0.1, -0.05) is 22.8 Å². The van der Waals surface area contributed by atoms with Crippen LogP contribution in [0.2, 0.25) is 5.02 Å². The predicted octanol–water partition coefficient (Wildman–Crippen LogP) is 3.12. The summed E-state index contributed by atoms with van der Waals surface area (Å²) in [4.78, 5) is 20.9. The predicted molar refractivity (Wildman–Crippen MR) is 115 cm³/mol. The summed E-state index contributed by atoms with van der Waals surface area (Å²) in [5, 5.41) is 4.64. The Labute approximate surface area is 185 Å². The first-order valence-corrected chi connectivity index (χ1v) is 10.3. The van der Waals surface area contributed by atoms with Crippen molar-refractivity contribution in [3.05, 3.63) is 59.4 Å². The average Bonchev–Trinajstić information content (AvgIpc) is 3.26. The van der Waals surface area contributed by atoms with Crippen LogP contribution in [-0.2, 0) is 11.3 Å². The molecule has 0 bridgehead atoms. The molecule has 0 spiro atoms. The highest BCUT2D eigenvalue weighted by atomic mass is 35.5. The molecule has 0 atom stereocenters. The van der Waals surface area contributed by atoms with Gasteiger partial charge in [-0.15, -0.1) is 0 Å². The van der Waals surface area contributed by atoms with E-state index in [2.05, 4.69) is 15.0 Å². The fourth-order valence-corrected chi connectivity index (χ4v) is 3.50. The number of carbonyl (C=O) groups excluding carboxylic acids is 1. The van der Waals surface area contributed by atoms with Crippen molar-refractivity contribution in [3.63, 3.8) is 0 Å². The minimum atomic E-state index is -0.0424. The molecule has 0 radical (unpaired) electrons. The van der Waals surface area contributed by atoms with E-state index in [1.54, 1.807) is 36.3 Å². The molecule has 0 saturated carbocycles. The third kappa shape index (κ3) is 5.53. The first kappa shape index (κ1) is 21.1. The van der Waals surface area contributed by atoms with Crippen LogP contribution < -0.4 is 9.47 Å². The van der Waals surface area contributed by atoms with E-state index < -0.39 is 0 Å². The van der Waals surface area contributed by atoms with Crippen LogP contribution in [0.1, 0.15) is 5.89 Å². The third-order valence-corrected chi connectivity index (χ3v) is 5.29. The first-order valence-electron chi connectivity index (χ1n) is 9.96. The van der Waals surface area contributed by atoms with Crippen LogP contribution in [0.3, 0.4) is 0 Å². The molecule has 1 aromatic heterocycles. The van der Waals surface area contributed by atoms with Gasteiger partial charge < -0.3 is 18.9 Å². The second-order valence-corrected chi connectivity index (χ2v) is 7.58. The highest BCUT2D eigenvalue weighted by Crippen LogP contribution is 2.20. The van der Waals surface area contributed by atoms with Crippen molar-refractivity contribution in [2.75, 3.05) is 39.9 Å². The Bertz CT molecular complexity index is 1020. The quantitative estimate of drug-likeness (QED) is 0.556. The number of halogens is 1. The van der Waals surface area contributed by atoms with Gasteiger partial charge in [0.05, 0.1) is 13.7 Å². The zero-order valence-corrected chi connectivity index (χ0v) is 17.9. The highest BCUT2D eigenvalue weighted by Gasteiger charge is 2.23. The van der Waals surface area contributed by atoms with Crippen molar-refractivity contribution < 1.29 is 18.8 Å². The Morgan fingerprint density at radius 1 is 1.10 bits per heavy atom. The van der Waals surface area contributed by atoms with Crippen molar-refractivity contribution in [1.29, 1.82) is 0 Å². The minimum absolute atomic E-state index is 0.00474. The molecular formula is C22H23ClN4O4. The summed E-state index contributed by atoms with van der Waals surface area (Å²) in [6.45, 7) is 3.24. The number of rotatable bonds is 7. The molecule has 3 aromatic rings. The van der Waals surface area contributed by atoms with Crippen LogP contribution in [0.5, 0.6) is 11.5 Å². The maximum Gasteiger partial charge on any atom is 0.260 e. The first-order chi connectivity index (χ1) is 15.1. The summed E-state index contributed by atoms with van der Waals surface area (Å²) >= 11 is 5.94. The lowest BCUT2D eigenvalue weighted by molar-refractivity contribution is -0.135. The molecule has 4 rings (SSSR count). The summed E-state index contributed by atoms with van der Waals surface area (Å²) in [6, 6.07) is 14.5. The number of aromatic nitrogens is 2. The minimum Gasteiger partial charge on any atom is -0.497 e. The molecule has 2 aromatic carbocycles. The normalized spacial score (nSPS) is 14.5. The highest BCUT2D eigenvalue weighted by molar-refractivity contribution is 6.30. The molecule has 162 valence electrons. The van der Waals surface area contributed by atoms with E-state index >= 15 is 0 Å². The van der Waals surface area contributed by atoms with Crippen LogP contribution in [0.15, 0.2) is 53.1 Å². The molecule has 8 nitrogen and oxygen atoms in total. The third-order valence-electron chi connectivity index (χ3n) is 5.06. The fourth-order valence-electron chi connectivity index (χ4n) is 3.32. The largest absolute Gasteiger partial charge is 0.497 e. The standard InChI is InChI=1S/C22H23ClN4O4/c1-29-18-7-5-16(6-8-18)22-24-20(31-25-22)14-26-9-11-27(12-10-26)21(28)15-30-19-4-2-3-17(23)13-19/h2-8,13H,9-12,14-15H2,1H3. The fraction of sp³-hybridized carbons (Fsp3) is 0.318. The molecule has 2 heterocycles. The number of hydrogen-bond donors (Lipinski definition) is 0. The molecule has 1 fully saturated rings. The molecule has 31 heavy (non-hydrogen) atoms. The van der Waals surface area contributed by atoms with E-state index in [9.17, 15) is 4.79 Å². The summed E-state index contributed by atoms with van der Waals surface area (Å²) in [7, 11) is 1.63. The summed E-state index contributed by atoms with van der Waals surface area (Å²) < 4.78 is 16.1. The van der Waals surface area contributed by atoms with Crippen molar-refractivity contribution in [1.82, 2.24) is 19.9 Å². The Hall–Kier alpha value is -3.10. The molecule has 0 aliphatic carbocycles. The number of amides is 1. The number of hydrogen-bond acceptors (Lipinski definition) is 7. The topological polar surface area (TPSA) is 80.9 Å². The summed E-state index contributed by atoms with van der Waals surface area (Å²) in [6.07, 6.45) is 0. The Balaban J connectivity index is 1.24. The van der Waals surface area contributed by atoms with E-state index in [4.69, 9.17) is 25.6 Å². The van der Waals surface area contributed by atoms with Crippen LogP contribution in [0.25, 0.3) is 11.4 Å². The van der Waals surface area contributed by atoms with Crippen LogP contribution in [0.4, 0.5) is 0 Å². The van der Waals surface area contributed by atoms with Gasteiger partial charge in [0.25, 0.3) is 5.91 Å². The van der Waals surface area contributed by atoms with Gasteiger partial charge in [0.1, 0.15) is 11.5 Å². The second-order valence-electron chi connectivity index (χ2n) is 7.14. The van der Waals surface area contributed by atoms with Gasteiger partial charge in [-0.2, -0.15) is 4.98 Å². The second kappa shape index (κ2) is 9.80. The SMILES string of the molecule is COc1ccc(-c2noc(CN3CCN(C(=O)COc4cccc(Cl)c4)CC3)n2)cc1. The van der Waals surface area contributed by atoms with Crippen LogP contribution >= 0.6 is 11.6 Å². The molecule has 9 heteroatoms. The number of methoxy groups -OCH3 is 1. The Morgan fingerprint density at radius 2 is 1.87 bits per heavy atom. The van der Waals surface area contributed by atoms with Gasteiger partial charge in [0.2, 0.25) is 11.7 Å². The Morgan fingerprint density at radius 3 is 2.58 bits per heavy atom. The molecular weight excluding hydrogens is 420 g/mol. The van der Waals surface area contributed by atoms with Crippen molar-refractivity contribution in [3.8, 4) is 22.9 Å². The molecule has 0 N–H and O–H groups in total. The van der Waals surface area contributed by atoms with E-state index in [0.717, 1.165) is 24.4 Å². The zero-order chi connectivity index (χ0) is 21.6. The van der Waals surface area contributed by atoms with Gasteiger partial charge in [0, 0.05) is 36.8 Å². The number of ether oxygens (including phenoxy) is 2. The van der Waals surface area contributed by atoms with Gasteiger partial charge >= 0.3 is 0 Å². The average molecular weight is 443 g/mol. The monoisotopic (exact) mass is 442 g/mol. The van der Waals surface area contributed by atoms with E-state index in [1.165, 1.54) is 0 Å². The lowest BCUT2D eigenvalue weighted by Gasteiger charge is -2.33. The van der Waals surface area contributed by atoms with Gasteiger partial charge in [-0.05, 0) is 42.5 Å². The number of carbonyl (C=O) groups is 1. The van der Waals surface area contributed by atoms with E-state index in [1.807, 2.05) is 24.3 Å². The number of benzene rings is 2. The number of nitrogens with zero attached hydrogens (tertiary/aromatic N) is 4. The molecule has 1 aliphatic heterocycles. The molecule has 1 amide bonds.